The summed E-state index contributed by atoms with van der Waals surface area (Å²) >= 11 is 0. The number of phenolic OH excluding ortho intramolecular Hbond substituents is 1. The molecule has 2 aromatic rings. The van der Waals surface area contributed by atoms with Crippen LogP contribution in [0, 0.1) is 5.92 Å². The smallest absolute Gasteiger partial charge is 0.244 e. The quantitative estimate of drug-likeness (QED) is 0.685. The fourth-order valence-corrected chi connectivity index (χ4v) is 7.19. The van der Waals surface area contributed by atoms with Crippen LogP contribution in [0.3, 0.4) is 0 Å². The van der Waals surface area contributed by atoms with Crippen LogP contribution in [0.4, 0.5) is 0 Å². The van der Waals surface area contributed by atoms with Crippen LogP contribution in [0.15, 0.2) is 30.6 Å². The van der Waals surface area contributed by atoms with Crippen molar-refractivity contribution in [2.75, 3.05) is 26.2 Å². The third-order valence-corrected chi connectivity index (χ3v) is 9.58. The van der Waals surface area contributed by atoms with E-state index < -0.39 is 11.0 Å². The number of carbonyl (C=O) groups is 1. The number of aromatic hydroxyl groups is 1. The lowest BCUT2D eigenvalue weighted by molar-refractivity contribution is -0.149. The predicted molar refractivity (Wildman–Crippen MR) is 138 cm³/mol. The van der Waals surface area contributed by atoms with E-state index in [2.05, 4.69) is 36.8 Å². The molecule has 1 aromatic heterocycles. The summed E-state index contributed by atoms with van der Waals surface area (Å²) in [5, 5.41) is 27.4. The van der Waals surface area contributed by atoms with E-state index in [1.54, 1.807) is 10.7 Å². The van der Waals surface area contributed by atoms with Gasteiger partial charge in [-0.25, -0.2) is 0 Å². The van der Waals surface area contributed by atoms with Crippen LogP contribution in [0.25, 0.3) is 0 Å². The molecule has 2 N–H and O–H groups in total. The molecular formula is C29H40N4O3. The monoisotopic (exact) mass is 492 g/mol. The lowest BCUT2D eigenvalue weighted by atomic mass is 9.52. The van der Waals surface area contributed by atoms with E-state index in [0.717, 1.165) is 43.0 Å². The average Bonchev–Trinajstić information content (AvgIpc) is 3.54. The fraction of sp³-hybridized carbons (Fsp3) is 0.655. The Morgan fingerprint density at radius 1 is 1.14 bits per heavy atom. The van der Waals surface area contributed by atoms with Crippen molar-refractivity contribution in [3.05, 3.63) is 47.3 Å². The number of rotatable bonds is 4. The molecule has 2 bridgehead atoms. The molecule has 3 atom stereocenters. The molecule has 1 aromatic carbocycles. The Bertz CT molecular complexity index is 1170. The van der Waals surface area contributed by atoms with Crippen LogP contribution < -0.4 is 0 Å². The SMILES string of the molecule is CC(C)(C)c1cnn(CC(=O)N2CC[C@]34CCN(CC5CC5)C(Cc5ccc(O)cc53)[C@]4(O)CC2)c1. The molecule has 0 radical (unpaired) electrons. The molecule has 1 unspecified atom stereocenters. The highest BCUT2D eigenvalue weighted by Gasteiger charge is 2.63. The lowest BCUT2D eigenvalue weighted by Crippen LogP contribution is -2.71. The van der Waals surface area contributed by atoms with Crippen LogP contribution in [-0.2, 0) is 28.6 Å². The van der Waals surface area contributed by atoms with Crippen LogP contribution in [0.1, 0.15) is 69.6 Å². The van der Waals surface area contributed by atoms with Gasteiger partial charge in [-0.3, -0.25) is 14.4 Å². The Morgan fingerprint density at radius 2 is 1.89 bits per heavy atom. The highest BCUT2D eigenvalue weighted by Crippen LogP contribution is 2.56. The number of hydrogen-bond acceptors (Lipinski definition) is 5. The van der Waals surface area contributed by atoms with Gasteiger partial charge in [0.2, 0.25) is 5.91 Å². The Kier molecular flexibility index (Phi) is 5.54. The third kappa shape index (κ3) is 3.86. The molecule has 0 spiro atoms. The number of phenols is 1. The number of carbonyl (C=O) groups excluding carboxylic acids is 1. The minimum Gasteiger partial charge on any atom is -0.508 e. The van der Waals surface area contributed by atoms with E-state index >= 15 is 0 Å². The summed E-state index contributed by atoms with van der Waals surface area (Å²) < 4.78 is 1.75. The molecule has 7 nitrogen and oxygen atoms in total. The molecule has 36 heavy (non-hydrogen) atoms. The largest absolute Gasteiger partial charge is 0.508 e. The second kappa shape index (κ2) is 8.32. The number of fused-ring (bicyclic) bond motifs is 1. The fourth-order valence-electron chi connectivity index (χ4n) is 7.19. The molecule has 3 fully saturated rings. The first kappa shape index (κ1) is 24.0. The first-order valence-electron chi connectivity index (χ1n) is 13.7. The molecule has 2 aliphatic heterocycles. The van der Waals surface area contributed by atoms with Gasteiger partial charge in [-0.15, -0.1) is 0 Å². The number of benzene rings is 1. The summed E-state index contributed by atoms with van der Waals surface area (Å²) in [6.07, 6.45) is 9.36. The van der Waals surface area contributed by atoms with Gasteiger partial charge in [0.05, 0.1) is 11.8 Å². The summed E-state index contributed by atoms with van der Waals surface area (Å²) in [7, 11) is 0. The van der Waals surface area contributed by atoms with Gasteiger partial charge >= 0.3 is 0 Å². The zero-order valence-electron chi connectivity index (χ0n) is 21.9. The molecule has 194 valence electrons. The second-order valence-electron chi connectivity index (χ2n) is 12.8. The third-order valence-electron chi connectivity index (χ3n) is 9.58. The molecule has 2 saturated heterocycles. The number of nitrogens with zero attached hydrogens (tertiary/aromatic N) is 4. The normalized spacial score (nSPS) is 30.4. The van der Waals surface area contributed by atoms with Crippen molar-refractivity contribution < 1.29 is 15.0 Å². The molecule has 7 heteroatoms. The van der Waals surface area contributed by atoms with Gasteiger partial charge in [-0.2, -0.15) is 5.10 Å². The maximum atomic E-state index is 13.4. The van der Waals surface area contributed by atoms with Crippen LogP contribution in [0.2, 0.25) is 0 Å². The van der Waals surface area contributed by atoms with Crippen molar-refractivity contribution in [2.45, 2.75) is 88.3 Å². The average molecular weight is 493 g/mol. The summed E-state index contributed by atoms with van der Waals surface area (Å²) in [6, 6.07) is 5.78. The number of hydrogen-bond donors (Lipinski definition) is 2. The van der Waals surface area contributed by atoms with Gasteiger partial charge in [0.25, 0.3) is 0 Å². The number of aromatic nitrogens is 2. The molecule has 1 amide bonds. The number of likely N-dealkylation sites (tertiary alicyclic amines) is 2. The Morgan fingerprint density at radius 3 is 2.61 bits per heavy atom. The van der Waals surface area contributed by atoms with Crippen molar-refractivity contribution >= 4 is 5.91 Å². The zero-order valence-corrected chi connectivity index (χ0v) is 21.9. The van der Waals surface area contributed by atoms with E-state index in [4.69, 9.17) is 0 Å². The first-order valence-corrected chi connectivity index (χ1v) is 13.7. The van der Waals surface area contributed by atoms with Gasteiger partial charge in [0.1, 0.15) is 12.3 Å². The maximum Gasteiger partial charge on any atom is 0.244 e. The highest BCUT2D eigenvalue weighted by atomic mass is 16.3. The summed E-state index contributed by atoms with van der Waals surface area (Å²) in [4.78, 5) is 17.9. The van der Waals surface area contributed by atoms with E-state index in [-0.39, 0.29) is 29.7 Å². The molecule has 3 heterocycles. The van der Waals surface area contributed by atoms with Crippen molar-refractivity contribution in [1.82, 2.24) is 19.6 Å². The number of amides is 1. The molecule has 1 saturated carbocycles. The van der Waals surface area contributed by atoms with Gasteiger partial charge in [-0.05, 0) is 85.2 Å². The minimum absolute atomic E-state index is 0.00912. The zero-order chi connectivity index (χ0) is 25.3. The summed E-state index contributed by atoms with van der Waals surface area (Å²) in [6.45, 7) is 9.85. The first-order chi connectivity index (χ1) is 17.1. The van der Waals surface area contributed by atoms with Crippen molar-refractivity contribution in [3.63, 3.8) is 0 Å². The molecular weight excluding hydrogens is 452 g/mol. The van der Waals surface area contributed by atoms with Crippen LogP contribution in [0.5, 0.6) is 5.75 Å². The highest BCUT2D eigenvalue weighted by molar-refractivity contribution is 5.76. The van der Waals surface area contributed by atoms with Crippen LogP contribution in [-0.4, -0.2) is 73.5 Å². The van der Waals surface area contributed by atoms with E-state index in [9.17, 15) is 15.0 Å². The second-order valence-corrected chi connectivity index (χ2v) is 12.8. The Hall–Kier alpha value is -2.38. The maximum absolute atomic E-state index is 13.4. The van der Waals surface area contributed by atoms with Gasteiger partial charge in [0, 0.05) is 37.3 Å². The van der Waals surface area contributed by atoms with E-state index in [1.807, 2.05) is 23.4 Å². The minimum atomic E-state index is -0.916. The number of piperidine rings is 1. The summed E-state index contributed by atoms with van der Waals surface area (Å²) in [5.41, 5.74) is 2.10. The Balaban J connectivity index is 1.29. The van der Waals surface area contributed by atoms with Crippen LogP contribution >= 0.6 is 0 Å². The van der Waals surface area contributed by atoms with Crippen molar-refractivity contribution in [3.8, 4) is 5.75 Å². The van der Waals surface area contributed by atoms with E-state index in [1.165, 1.54) is 18.4 Å². The number of aliphatic hydroxyl groups is 1. The standard InChI is InChI=1S/C29H40N4O3/c1-27(2,3)22-16-30-33(18-22)19-26(35)31-11-8-28-9-12-32(17-20-4-5-20)25(29(28,36)10-13-31)14-21-6-7-23(34)15-24(21)28/h6-7,15-16,18,20,25,34,36H,4-5,8-14,17,19H2,1-3H3/t25?,28-,29+/m0/s1. The molecule has 4 aliphatic rings. The molecule has 6 rings (SSSR count). The predicted octanol–water partition coefficient (Wildman–Crippen LogP) is 3.22. The lowest BCUT2D eigenvalue weighted by Gasteiger charge is -2.61. The van der Waals surface area contributed by atoms with Crippen molar-refractivity contribution in [2.24, 2.45) is 5.92 Å². The van der Waals surface area contributed by atoms with Gasteiger partial charge < -0.3 is 15.1 Å². The van der Waals surface area contributed by atoms with E-state index in [0.29, 0.717) is 25.9 Å². The topological polar surface area (TPSA) is 81.8 Å². The summed E-state index contributed by atoms with van der Waals surface area (Å²) in [5.74, 6) is 1.07. The van der Waals surface area contributed by atoms with Gasteiger partial charge in [0.15, 0.2) is 0 Å². The van der Waals surface area contributed by atoms with Gasteiger partial charge in [-0.1, -0.05) is 26.8 Å². The molecule has 2 aliphatic carbocycles. The Labute approximate surface area is 214 Å². The van der Waals surface area contributed by atoms with Crippen molar-refractivity contribution in [1.29, 1.82) is 0 Å².